The van der Waals surface area contributed by atoms with Crippen molar-refractivity contribution in [1.29, 1.82) is 0 Å². The van der Waals surface area contributed by atoms with Crippen molar-refractivity contribution in [3.05, 3.63) is 52.1 Å². The van der Waals surface area contributed by atoms with Gasteiger partial charge in [0, 0.05) is 12.1 Å². The molecule has 8 nitrogen and oxygen atoms in total. The van der Waals surface area contributed by atoms with Crippen molar-refractivity contribution in [3.63, 3.8) is 0 Å². The van der Waals surface area contributed by atoms with Crippen molar-refractivity contribution in [1.82, 2.24) is 8.75 Å². The van der Waals surface area contributed by atoms with Gasteiger partial charge in [-0.2, -0.15) is 8.75 Å². The number of benzene rings is 2. The number of nitrogens with one attached hydrogen (secondary N) is 1. The molecule has 3 rings (SSSR count). The van der Waals surface area contributed by atoms with Gasteiger partial charge in [0.15, 0.2) is 0 Å². The van der Waals surface area contributed by atoms with E-state index in [1.807, 2.05) is 0 Å². The maximum Gasteiger partial charge on any atom is 0.269 e. The summed E-state index contributed by atoms with van der Waals surface area (Å²) in [5, 5.41) is 10.7. The molecular weight excluding hydrogens is 340 g/mol. The Morgan fingerprint density at radius 2 is 2.00 bits per heavy atom. The van der Waals surface area contributed by atoms with Crippen molar-refractivity contribution in [3.8, 4) is 0 Å². The summed E-state index contributed by atoms with van der Waals surface area (Å²) in [6.45, 7) is 1.59. The number of hydrogen-bond acceptors (Lipinski definition) is 7. The van der Waals surface area contributed by atoms with Gasteiger partial charge >= 0.3 is 0 Å². The number of non-ortho nitro benzene ring substituents is 1. The van der Waals surface area contributed by atoms with E-state index in [-0.39, 0.29) is 16.3 Å². The summed E-state index contributed by atoms with van der Waals surface area (Å²) >= 11 is 0.931. The van der Waals surface area contributed by atoms with Gasteiger partial charge in [0.2, 0.25) is 0 Å². The quantitative estimate of drug-likeness (QED) is 0.571. The monoisotopic (exact) mass is 350 g/mol. The number of hydrogen-bond donors (Lipinski definition) is 1. The highest BCUT2D eigenvalue weighted by Gasteiger charge is 2.21. The van der Waals surface area contributed by atoms with E-state index in [1.165, 1.54) is 24.3 Å². The van der Waals surface area contributed by atoms with Gasteiger partial charge in [-0.3, -0.25) is 14.8 Å². The van der Waals surface area contributed by atoms with Crippen LogP contribution in [0.3, 0.4) is 0 Å². The molecule has 0 atom stereocenters. The Balaban J connectivity index is 2.02. The molecule has 10 heteroatoms. The number of nitro benzene ring substituents is 1. The molecule has 0 aliphatic heterocycles. The predicted octanol–water partition coefficient (Wildman–Crippen LogP) is 2.71. The molecule has 118 valence electrons. The average Bonchev–Trinajstić information content (AvgIpc) is 2.97. The summed E-state index contributed by atoms with van der Waals surface area (Å²) in [6.07, 6.45) is 0. The largest absolute Gasteiger partial charge is 0.279 e. The highest BCUT2D eigenvalue weighted by Crippen LogP contribution is 2.26. The third-order valence-corrected chi connectivity index (χ3v) is 5.14. The minimum Gasteiger partial charge on any atom is -0.279 e. The zero-order valence-electron chi connectivity index (χ0n) is 11.8. The molecule has 0 aliphatic carbocycles. The van der Waals surface area contributed by atoms with Crippen LogP contribution in [0.1, 0.15) is 5.56 Å². The lowest BCUT2D eigenvalue weighted by Crippen LogP contribution is -2.14. The molecule has 0 saturated heterocycles. The molecule has 0 aliphatic rings. The number of anilines is 1. The van der Waals surface area contributed by atoms with Gasteiger partial charge in [-0.25, -0.2) is 8.42 Å². The van der Waals surface area contributed by atoms with E-state index < -0.39 is 14.9 Å². The van der Waals surface area contributed by atoms with Crippen LogP contribution < -0.4 is 4.72 Å². The van der Waals surface area contributed by atoms with E-state index in [2.05, 4.69) is 13.5 Å². The Morgan fingerprint density at radius 3 is 2.70 bits per heavy atom. The molecule has 0 radical (unpaired) electrons. The summed E-state index contributed by atoms with van der Waals surface area (Å²) in [5.74, 6) is 0. The molecule has 0 bridgehead atoms. The van der Waals surface area contributed by atoms with Crippen LogP contribution >= 0.6 is 11.7 Å². The summed E-state index contributed by atoms with van der Waals surface area (Å²) in [4.78, 5) is 10.2. The first-order valence-corrected chi connectivity index (χ1v) is 8.59. The van der Waals surface area contributed by atoms with Crippen molar-refractivity contribution in [2.45, 2.75) is 11.8 Å². The Bertz CT molecular complexity index is 1010. The average molecular weight is 350 g/mol. The molecule has 2 aromatic carbocycles. The van der Waals surface area contributed by atoms with Crippen molar-refractivity contribution in [2.24, 2.45) is 0 Å². The van der Waals surface area contributed by atoms with Gasteiger partial charge in [0.1, 0.15) is 15.9 Å². The molecule has 1 heterocycles. The number of sulfonamides is 1. The number of rotatable bonds is 4. The summed E-state index contributed by atoms with van der Waals surface area (Å²) in [7, 11) is -3.88. The number of aromatic nitrogens is 2. The zero-order valence-corrected chi connectivity index (χ0v) is 13.4. The van der Waals surface area contributed by atoms with Crippen LogP contribution in [0.2, 0.25) is 0 Å². The molecule has 0 saturated carbocycles. The summed E-state index contributed by atoms with van der Waals surface area (Å²) < 4.78 is 35.6. The Morgan fingerprint density at radius 1 is 1.22 bits per heavy atom. The van der Waals surface area contributed by atoms with E-state index in [4.69, 9.17) is 0 Å². The lowest BCUT2D eigenvalue weighted by atomic mass is 10.2. The second-order valence-electron chi connectivity index (χ2n) is 4.75. The first-order chi connectivity index (χ1) is 10.9. The predicted molar refractivity (Wildman–Crippen MR) is 86.1 cm³/mol. The summed E-state index contributed by atoms with van der Waals surface area (Å²) in [6, 6.07) is 8.62. The highest BCUT2D eigenvalue weighted by molar-refractivity contribution is 7.93. The smallest absolute Gasteiger partial charge is 0.269 e. The van der Waals surface area contributed by atoms with E-state index in [0.717, 1.165) is 11.7 Å². The number of aryl methyl sites for hydroxylation is 1. The maximum absolute atomic E-state index is 12.6. The molecule has 23 heavy (non-hydrogen) atoms. The minimum absolute atomic E-state index is 0.0153. The van der Waals surface area contributed by atoms with Crippen molar-refractivity contribution >= 4 is 44.2 Å². The lowest BCUT2D eigenvalue weighted by molar-refractivity contribution is -0.384. The van der Waals surface area contributed by atoms with E-state index >= 15 is 0 Å². The van der Waals surface area contributed by atoms with Gasteiger partial charge < -0.3 is 0 Å². The third kappa shape index (κ3) is 2.85. The normalized spacial score (nSPS) is 11.5. The molecule has 0 unspecified atom stereocenters. The minimum atomic E-state index is -3.88. The molecule has 0 amide bonds. The topological polar surface area (TPSA) is 115 Å². The van der Waals surface area contributed by atoms with Gasteiger partial charge in [0.25, 0.3) is 15.7 Å². The standard InChI is InChI=1S/C13H10N4O4S2/c1-8-7-9(17(18)19)5-6-10(8)16-23(20,21)12-4-2-3-11-13(12)15-22-14-11/h2-7,16H,1H3. The third-order valence-electron chi connectivity index (χ3n) is 3.20. The Kier molecular flexibility index (Phi) is 3.70. The van der Waals surface area contributed by atoms with Crippen molar-refractivity contribution < 1.29 is 13.3 Å². The number of fused-ring (bicyclic) bond motifs is 1. The Labute approximate surface area is 135 Å². The molecule has 3 aromatic rings. The fraction of sp³-hybridized carbons (Fsp3) is 0.0769. The van der Waals surface area contributed by atoms with E-state index in [1.54, 1.807) is 19.1 Å². The van der Waals surface area contributed by atoms with Gasteiger partial charge in [-0.05, 0) is 30.7 Å². The fourth-order valence-electron chi connectivity index (χ4n) is 2.07. The Hall–Kier alpha value is -2.59. The van der Waals surface area contributed by atoms with Crippen molar-refractivity contribution in [2.75, 3.05) is 4.72 Å². The molecule has 1 aromatic heterocycles. The molecule has 0 spiro atoms. The van der Waals surface area contributed by atoms with Crippen LogP contribution in [0.5, 0.6) is 0 Å². The zero-order chi connectivity index (χ0) is 16.6. The highest BCUT2D eigenvalue weighted by atomic mass is 32.2. The second-order valence-corrected chi connectivity index (χ2v) is 6.93. The SMILES string of the molecule is Cc1cc([N+](=O)[O-])ccc1NS(=O)(=O)c1cccc2nsnc12. The van der Waals surface area contributed by atoms with E-state index in [9.17, 15) is 18.5 Å². The van der Waals surface area contributed by atoms with Crippen LogP contribution in [-0.4, -0.2) is 22.1 Å². The van der Waals surface area contributed by atoms with Crippen LogP contribution in [-0.2, 0) is 10.0 Å². The van der Waals surface area contributed by atoms with Gasteiger partial charge in [-0.1, -0.05) is 6.07 Å². The van der Waals surface area contributed by atoms with Crippen LogP contribution in [0.4, 0.5) is 11.4 Å². The maximum atomic E-state index is 12.6. The van der Waals surface area contributed by atoms with Crippen LogP contribution in [0, 0.1) is 17.0 Å². The fourth-order valence-corrected chi connectivity index (χ4v) is 3.97. The second kappa shape index (κ2) is 5.56. The first-order valence-electron chi connectivity index (χ1n) is 6.37. The lowest BCUT2D eigenvalue weighted by Gasteiger charge is -2.10. The first kappa shape index (κ1) is 15.3. The van der Waals surface area contributed by atoms with E-state index in [0.29, 0.717) is 16.6 Å². The molecule has 0 fully saturated rings. The number of nitro groups is 1. The number of nitrogens with zero attached hydrogens (tertiary/aromatic N) is 3. The summed E-state index contributed by atoms with van der Waals surface area (Å²) in [5.41, 5.74) is 1.42. The van der Waals surface area contributed by atoms with Gasteiger partial charge in [0.05, 0.1) is 22.3 Å². The van der Waals surface area contributed by atoms with Gasteiger partial charge in [-0.15, -0.1) is 0 Å². The molecular formula is C13H10N4O4S2. The van der Waals surface area contributed by atoms with Crippen LogP contribution in [0.15, 0.2) is 41.3 Å². The van der Waals surface area contributed by atoms with Crippen LogP contribution in [0.25, 0.3) is 11.0 Å². The molecule has 1 N–H and O–H groups in total.